The van der Waals surface area contributed by atoms with Crippen LogP contribution in [0.1, 0.15) is 34.6 Å². The summed E-state index contributed by atoms with van der Waals surface area (Å²) in [5.74, 6) is 0.784. The van der Waals surface area contributed by atoms with Crippen molar-refractivity contribution < 1.29 is 9.53 Å². The molecule has 6 heteroatoms. The average Bonchev–Trinajstić information content (AvgIpc) is 3.12. The van der Waals surface area contributed by atoms with Crippen LogP contribution in [0.2, 0.25) is 0 Å². The number of fused-ring (bicyclic) bond motifs is 2. The van der Waals surface area contributed by atoms with E-state index in [1.54, 1.807) is 19.5 Å². The third-order valence-electron chi connectivity index (χ3n) is 5.23. The quantitative estimate of drug-likeness (QED) is 0.881. The maximum Gasteiger partial charge on any atom is 0.253 e. The fourth-order valence-corrected chi connectivity index (χ4v) is 3.88. The zero-order valence-electron chi connectivity index (χ0n) is 13.8. The minimum atomic E-state index is -0.0846. The van der Waals surface area contributed by atoms with Crippen molar-refractivity contribution in [3.8, 4) is 5.75 Å². The molecular formula is C18H22N4O2. The van der Waals surface area contributed by atoms with Gasteiger partial charge in [-0.15, -0.1) is 0 Å². The monoisotopic (exact) mass is 326 g/mol. The first kappa shape index (κ1) is 15.2. The van der Waals surface area contributed by atoms with Crippen molar-refractivity contribution in [2.45, 2.75) is 24.8 Å². The molecule has 1 amide bonds. The van der Waals surface area contributed by atoms with Crippen LogP contribution in [0.25, 0.3) is 0 Å². The van der Waals surface area contributed by atoms with Crippen molar-refractivity contribution in [3.63, 3.8) is 0 Å². The van der Waals surface area contributed by atoms with Gasteiger partial charge in [-0.2, -0.15) is 0 Å². The third kappa shape index (κ3) is 2.47. The normalized spacial score (nSPS) is 19.1. The lowest BCUT2D eigenvalue weighted by molar-refractivity contribution is 0.0625. The number of carbonyl (C=O) groups excluding carboxylic acids is 1. The van der Waals surface area contributed by atoms with Gasteiger partial charge in [-0.25, -0.2) is 4.98 Å². The van der Waals surface area contributed by atoms with Crippen LogP contribution in [-0.4, -0.2) is 47.5 Å². The van der Waals surface area contributed by atoms with E-state index in [-0.39, 0.29) is 11.4 Å². The van der Waals surface area contributed by atoms with Crippen LogP contribution >= 0.6 is 0 Å². The van der Waals surface area contributed by atoms with Gasteiger partial charge in [0.15, 0.2) is 0 Å². The minimum Gasteiger partial charge on any atom is -0.497 e. The van der Waals surface area contributed by atoms with Gasteiger partial charge >= 0.3 is 0 Å². The topological polar surface area (TPSA) is 70.2 Å². The highest BCUT2D eigenvalue weighted by molar-refractivity contribution is 5.94. The van der Waals surface area contributed by atoms with E-state index in [0.29, 0.717) is 11.3 Å². The summed E-state index contributed by atoms with van der Waals surface area (Å²) in [4.78, 5) is 22.5. The van der Waals surface area contributed by atoms with E-state index < -0.39 is 0 Å². The molecule has 126 valence electrons. The Morgan fingerprint density at radius 1 is 1.33 bits per heavy atom. The molecule has 1 aromatic heterocycles. The molecule has 3 heterocycles. The Hall–Kier alpha value is -2.34. The molecule has 6 nitrogen and oxygen atoms in total. The Bertz CT molecular complexity index is 747. The Balaban J connectivity index is 1.50. The molecule has 0 saturated carbocycles. The lowest BCUT2D eigenvalue weighted by Gasteiger charge is -2.44. The molecule has 0 atom stereocenters. The number of ether oxygens (including phenoxy) is 1. The largest absolute Gasteiger partial charge is 0.497 e. The summed E-state index contributed by atoms with van der Waals surface area (Å²) in [6.45, 7) is 2.42. The van der Waals surface area contributed by atoms with Crippen molar-refractivity contribution in [2.24, 2.45) is 0 Å². The molecule has 2 aromatic rings. The number of H-pyrrole nitrogens is 1. The van der Waals surface area contributed by atoms with E-state index >= 15 is 0 Å². The number of amides is 1. The maximum absolute atomic E-state index is 12.8. The Kier molecular flexibility index (Phi) is 3.76. The second-order valence-electron chi connectivity index (χ2n) is 6.51. The number of imidazole rings is 1. The molecule has 2 aliphatic rings. The predicted molar refractivity (Wildman–Crippen MR) is 90.1 cm³/mol. The van der Waals surface area contributed by atoms with Gasteiger partial charge in [-0.3, -0.25) is 4.79 Å². The summed E-state index contributed by atoms with van der Waals surface area (Å²) in [6, 6.07) is 7.36. The van der Waals surface area contributed by atoms with E-state index in [0.717, 1.165) is 44.6 Å². The standard InChI is InChI=1S/C18H22N4O2/c1-24-14-4-2-3-13(11-14)17(23)22-9-6-18(7-10-22)16-15(5-8-21-18)19-12-20-16/h2-4,11-12,21H,5-10H2,1H3,(H,19,20). The van der Waals surface area contributed by atoms with Gasteiger partial charge in [-0.05, 0) is 31.0 Å². The molecule has 1 aromatic carbocycles. The number of aromatic nitrogens is 2. The summed E-state index contributed by atoms with van der Waals surface area (Å²) in [5.41, 5.74) is 2.98. The predicted octanol–water partition coefficient (Wildman–Crippen LogP) is 1.70. The van der Waals surface area contributed by atoms with Gasteiger partial charge in [0, 0.05) is 37.3 Å². The highest BCUT2D eigenvalue weighted by atomic mass is 16.5. The zero-order chi connectivity index (χ0) is 16.6. The van der Waals surface area contributed by atoms with Gasteiger partial charge in [0.2, 0.25) is 0 Å². The SMILES string of the molecule is COc1cccc(C(=O)N2CCC3(CC2)NCCc2[nH]cnc23)c1. The Morgan fingerprint density at radius 2 is 2.17 bits per heavy atom. The van der Waals surface area contributed by atoms with Crippen LogP contribution in [0.15, 0.2) is 30.6 Å². The van der Waals surface area contributed by atoms with E-state index in [1.807, 2.05) is 23.1 Å². The minimum absolute atomic E-state index is 0.0711. The number of carbonyl (C=O) groups is 1. The van der Waals surface area contributed by atoms with Crippen LogP contribution in [0, 0.1) is 0 Å². The first-order valence-corrected chi connectivity index (χ1v) is 8.43. The summed E-state index contributed by atoms with van der Waals surface area (Å²) in [6.07, 6.45) is 4.55. The molecule has 0 radical (unpaired) electrons. The molecule has 1 spiro atoms. The highest BCUT2D eigenvalue weighted by Crippen LogP contribution is 2.36. The maximum atomic E-state index is 12.8. The smallest absolute Gasteiger partial charge is 0.253 e. The summed E-state index contributed by atoms with van der Waals surface area (Å²) in [7, 11) is 1.62. The fourth-order valence-electron chi connectivity index (χ4n) is 3.88. The number of hydrogen-bond acceptors (Lipinski definition) is 4. The Morgan fingerprint density at radius 3 is 2.96 bits per heavy atom. The van der Waals surface area contributed by atoms with E-state index in [1.165, 1.54) is 5.69 Å². The number of nitrogens with one attached hydrogen (secondary N) is 2. The number of piperidine rings is 1. The second-order valence-corrected chi connectivity index (χ2v) is 6.51. The fraction of sp³-hybridized carbons (Fsp3) is 0.444. The van der Waals surface area contributed by atoms with E-state index in [4.69, 9.17) is 4.74 Å². The number of benzene rings is 1. The first-order chi connectivity index (χ1) is 11.7. The molecule has 0 bridgehead atoms. The molecule has 4 rings (SSSR count). The molecule has 24 heavy (non-hydrogen) atoms. The van der Waals surface area contributed by atoms with Crippen molar-refractivity contribution >= 4 is 5.91 Å². The second kappa shape index (κ2) is 5.94. The van der Waals surface area contributed by atoms with Crippen molar-refractivity contribution in [1.82, 2.24) is 20.2 Å². The average molecular weight is 326 g/mol. The van der Waals surface area contributed by atoms with Gasteiger partial charge in [-0.1, -0.05) is 6.07 Å². The van der Waals surface area contributed by atoms with Crippen LogP contribution in [0.3, 0.4) is 0 Å². The molecular weight excluding hydrogens is 304 g/mol. The van der Waals surface area contributed by atoms with E-state index in [9.17, 15) is 4.79 Å². The lowest BCUT2D eigenvalue weighted by Crippen LogP contribution is -2.55. The number of nitrogens with zero attached hydrogens (tertiary/aromatic N) is 2. The van der Waals surface area contributed by atoms with Crippen molar-refractivity contribution in [1.29, 1.82) is 0 Å². The van der Waals surface area contributed by atoms with Gasteiger partial charge in [0.25, 0.3) is 5.91 Å². The first-order valence-electron chi connectivity index (χ1n) is 8.43. The highest BCUT2D eigenvalue weighted by Gasteiger charge is 2.42. The van der Waals surface area contributed by atoms with Crippen LogP contribution in [0.5, 0.6) is 5.75 Å². The number of likely N-dealkylation sites (tertiary alicyclic amines) is 1. The number of methoxy groups -OCH3 is 1. The van der Waals surface area contributed by atoms with Crippen molar-refractivity contribution in [3.05, 3.63) is 47.5 Å². The lowest BCUT2D eigenvalue weighted by atomic mass is 9.80. The van der Waals surface area contributed by atoms with Crippen LogP contribution < -0.4 is 10.1 Å². The van der Waals surface area contributed by atoms with E-state index in [2.05, 4.69) is 15.3 Å². The molecule has 0 unspecified atom stereocenters. The van der Waals surface area contributed by atoms with Crippen LogP contribution in [-0.2, 0) is 12.0 Å². The molecule has 1 saturated heterocycles. The number of rotatable bonds is 2. The van der Waals surface area contributed by atoms with Crippen LogP contribution in [0.4, 0.5) is 0 Å². The van der Waals surface area contributed by atoms with Crippen molar-refractivity contribution in [2.75, 3.05) is 26.7 Å². The Labute approximate surface area is 141 Å². The molecule has 2 aliphatic heterocycles. The summed E-state index contributed by atoms with van der Waals surface area (Å²) >= 11 is 0. The van der Waals surface area contributed by atoms with Gasteiger partial charge in [0.05, 0.1) is 24.7 Å². The third-order valence-corrected chi connectivity index (χ3v) is 5.23. The molecule has 1 fully saturated rings. The summed E-state index contributed by atoms with van der Waals surface area (Å²) in [5, 5.41) is 3.65. The molecule has 0 aliphatic carbocycles. The summed E-state index contributed by atoms with van der Waals surface area (Å²) < 4.78 is 5.22. The zero-order valence-corrected chi connectivity index (χ0v) is 13.8. The molecule has 2 N–H and O–H groups in total. The van der Waals surface area contributed by atoms with Gasteiger partial charge in [0.1, 0.15) is 5.75 Å². The van der Waals surface area contributed by atoms with Gasteiger partial charge < -0.3 is 19.9 Å². The number of aromatic amines is 1. The number of hydrogen-bond donors (Lipinski definition) is 2.